The number of carbonyl (C=O) groups excluding carboxylic acids is 1. The zero-order chi connectivity index (χ0) is 16.2. The molecule has 0 aromatic heterocycles. The molecule has 0 spiro atoms. The topological polar surface area (TPSA) is 70.6 Å². The third-order valence-corrected chi connectivity index (χ3v) is 4.11. The Morgan fingerprint density at radius 2 is 1.87 bits per heavy atom. The molecule has 0 radical (unpaired) electrons. The van der Waals surface area contributed by atoms with Crippen molar-refractivity contribution in [2.24, 2.45) is 5.92 Å². The molecule has 120 valence electrons. The number of benzene rings is 2. The standard InChI is InChI=1S/C18H20N2O3/c1-12-16(14-9-5-6-10-15(14)19-17(12)21)20-18(22)23-11-13-7-3-2-4-8-13/h2-10,12,16-17,19,21H,11H2,1H3,(H,20,22)/t12-,16+,17-/m0/s1. The Balaban J connectivity index is 1.67. The number of hydrogen-bond donors (Lipinski definition) is 3. The van der Waals surface area contributed by atoms with Gasteiger partial charge < -0.3 is 20.5 Å². The lowest BCUT2D eigenvalue weighted by molar-refractivity contribution is 0.0973. The molecule has 1 heterocycles. The molecule has 2 aromatic rings. The second-order valence-corrected chi connectivity index (χ2v) is 5.72. The maximum atomic E-state index is 12.1. The molecule has 5 nitrogen and oxygen atoms in total. The number of amides is 1. The van der Waals surface area contributed by atoms with Gasteiger partial charge in [-0.25, -0.2) is 4.79 Å². The quantitative estimate of drug-likeness (QED) is 0.815. The highest BCUT2D eigenvalue weighted by molar-refractivity contribution is 5.69. The minimum atomic E-state index is -0.718. The lowest BCUT2D eigenvalue weighted by atomic mass is 9.88. The fraction of sp³-hybridized carbons (Fsp3) is 0.278. The number of aliphatic hydroxyl groups is 1. The van der Waals surface area contributed by atoms with Crippen LogP contribution in [0, 0.1) is 5.92 Å². The number of aliphatic hydroxyl groups excluding tert-OH is 1. The van der Waals surface area contributed by atoms with E-state index in [1.165, 1.54) is 0 Å². The Labute approximate surface area is 135 Å². The van der Waals surface area contributed by atoms with Crippen LogP contribution in [0.3, 0.4) is 0 Å². The summed E-state index contributed by atoms with van der Waals surface area (Å²) in [7, 11) is 0. The highest BCUT2D eigenvalue weighted by Crippen LogP contribution is 2.35. The summed E-state index contributed by atoms with van der Waals surface area (Å²) in [5, 5.41) is 16.0. The molecule has 2 aromatic carbocycles. The van der Waals surface area contributed by atoms with Crippen molar-refractivity contribution in [3.63, 3.8) is 0 Å². The average Bonchev–Trinajstić information content (AvgIpc) is 2.58. The molecule has 1 aliphatic rings. The molecule has 0 aliphatic carbocycles. The molecule has 0 saturated heterocycles. The van der Waals surface area contributed by atoms with Gasteiger partial charge in [0.15, 0.2) is 0 Å². The van der Waals surface area contributed by atoms with Crippen molar-refractivity contribution in [1.29, 1.82) is 0 Å². The molecular formula is C18H20N2O3. The Hall–Kier alpha value is -2.53. The molecular weight excluding hydrogens is 292 g/mol. The Kier molecular flexibility index (Phi) is 4.48. The van der Waals surface area contributed by atoms with Gasteiger partial charge in [-0.1, -0.05) is 55.5 Å². The molecule has 3 N–H and O–H groups in total. The van der Waals surface area contributed by atoms with E-state index in [0.29, 0.717) is 0 Å². The zero-order valence-electron chi connectivity index (χ0n) is 12.9. The summed E-state index contributed by atoms with van der Waals surface area (Å²) in [6.07, 6.45) is -1.21. The number of hydrogen-bond acceptors (Lipinski definition) is 4. The third kappa shape index (κ3) is 3.46. The lowest BCUT2D eigenvalue weighted by Gasteiger charge is -2.36. The van der Waals surface area contributed by atoms with E-state index in [1.807, 2.05) is 61.5 Å². The predicted molar refractivity (Wildman–Crippen MR) is 87.7 cm³/mol. The van der Waals surface area contributed by atoms with Gasteiger partial charge in [0.2, 0.25) is 0 Å². The Morgan fingerprint density at radius 1 is 1.17 bits per heavy atom. The lowest BCUT2D eigenvalue weighted by Crippen LogP contribution is -2.43. The summed E-state index contributed by atoms with van der Waals surface area (Å²) < 4.78 is 5.28. The van der Waals surface area contributed by atoms with Gasteiger partial charge in [0.25, 0.3) is 0 Å². The number of anilines is 1. The molecule has 0 fully saturated rings. The van der Waals surface area contributed by atoms with Crippen LogP contribution in [-0.4, -0.2) is 17.4 Å². The monoisotopic (exact) mass is 312 g/mol. The van der Waals surface area contributed by atoms with Gasteiger partial charge >= 0.3 is 6.09 Å². The van der Waals surface area contributed by atoms with E-state index < -0.39 is 12.3 Å². The largest absolute Gasteiger partial charge is 0.445 e. The van der Waals surface area contributed by atoms with Crippen LogP contribution in [0.4, 0.5) is 10.5 Å². The van der Waals surface area contributed by atoms with Crippen LogP contribution in [0.15, 0.2) is 54.6 Å². The molecule has 5 heteroatoms. The van der Waals surface area contributed by atoms with Crippen molar-refractivity contribution in [3.05, 3.63) is 65.7 Å². The summed E-state index contributed by atoms with van der Waals surface area (Å²) in [6, 6.07) is 16.8. The fourth-order valence-corrected chi connectivity index (χ4v) is 2.76. The number of rotatable bonds is 3. The second-order valence-electron chi connectivity index (χ2n) is 5.72. The van der Waals surface area contributed by atoms with Gasteiger partial charge in [-0.2, -0.15) is 0 Å². The van der Waals surface area contributed by atoms with Crippen LogP contribution >= 0.6 is 0 Å². The molecule has 1 amide bonds. The summed E-state index contributed by atoms with van der Waals surface area (Å²) in [4.78, 5) is 12.1. The summed E-state index contributed by atoms with van der Waals surface area (Å²) >= 11 is 0. The van der Waals surface area contributed by atoms with Crippen molar-refractivity contribution >= 4 is 11.8 Å². The number of ether oxygens (including phenoxy) is 1. The maximum Gasteiger partial charge on any atom is 0.407 e. The fourth-order valence-electron chi connectivity index (χ4n) is 2.76. The van der Waals surface area contributed by atoms with Crippen LogP contribution in [0.25, 0.3) is 0 Å². The number of alkyl carbamates (subject to hydrolysis) is 1. The second kappa shape index (κ2) is 6.71. The minimum absolute atomic E-state index is 0.172. The van der Waals surface area contributed by atoms with Crippen LogP contribution < -0.4 is 10.6 Å². The van der Waals surface area contributed by atoms with E-state index in [0.717, 1.165) is 16.8 Å². The molecule has 23 heavy (non-hydrogen) atoms. The van der Waals surface area contributed by atoms with E-state index in [1.54, 1.807) is 0 Å². The number of carbonyl (C=O) groups is 1. The van der Waals surface area contributed by atoms with E-state index in [9.17, 15) is 9.90 Å². The summed E-state index contributed by atoms with van der Waals surface area (Å²) in [5.74, 6) is -0.172. The van der Waals surface area contributed by atoms with Crippen LogP contribution in [0.2, 0.25) is 0 Å². The van der Waals surface area contributed by atoms with Gasteiger partial charge in [-0.3, -0.25) is 0 Å². The SMILES string of the molecule is C[C@@H]1[C@H](O)Nc2ccccc2[C@@H]1NC(=O)OCc1ccccc1. The first-order valence-electron chi connectivity index (χ1n) is 7.66. The van der Waals surface area contributed by atoms with Crippen molar-refractivity contribution in [3.8, 4) is 0 Å². The normalized spacial score (nSPS) is 22.6. The summed E-state index contributed by atoms with van der Waals surface area (Å²) in [6.45, 7) is 2.10. The smallest absolute Gasteiger partial charge is 0.407 e. The highest BCUT2D eigenvalue weighted by atomic mass is 16.5. The molecule has 3 atom stereocenters. The van der Waals surface area contributed by atoms with Gasteiger partial charge in [0, 0.05) is 11.6 Å². The first-order valence-corrected chi connectivity index (χ1v) is 7.66. The van der Waals surface area contributed by atoms with E-state index >= 15 is 0 Å². The van der Waals surface area contributed by atoms with Crippen molar-refractivity contribution in [2.75, 3.05) is 5.32 Å². The van der Waals surface area contributed by atoms with E-state index in [2.05, 4.69) is 10.6 Å². The van der Waals surface area contributed by atoms with Crippen LogP contribution in [0.5, 0.6) is 0 Å². The van der Waals surface area contributed by atoms with Gasteiger partial charge in [0.05, 0.1) is 6.04 Å². The van der Waals surface area contributed by atoms with Crippen LogP contribution in [0.1, 0.15) is 24.1 Å². The molecule has 1 aliphatic heterocycles. The van der Waals surface area contributed by atoms with Crippen molar-refractivity contribution < 1.29 is 14.6 Å². The number of fused-ring (bicyclic) bond motifs is 1. The molecule has 0 unspecified atom stereocenters. The Bertz CT molecular complexity index is 675. The van der Waals surface area contributed by atoms with Crippen molar-refractivity contribution in [1.82, 2.24) is 5.32 Å². The molecule has 0 bridgehead atoms. The van der Waals surface area contributed by atoms with E-state index in [-0.39, 0.29) is 18.6 Å². The zero-order valence-corrected chi connectivity index (χ0v) is 12.9. The first-order chi connectivity index (χ1) is 11.1. The number of para-hydroxylation sites is 1. The highest BCUT2D eigenvalue weighted by Gasteiger charge is 2.33. The minimum Gasteiger partial charge on any atom is -0.445 e. The van der Waals surface area contributed by atoms with Gasteiger partial charge in [0.1, 0.15) is 12.8 Å². The van der Waals surface area contributed by atoms with Gasteiger partial charge in [-0.15, -0.1) is 0 Å². The van der Waals surface area contributed by atoms with Crippen molar-refractivity contribution in [2.45, 2.75) is 25.8 Å². The predicted octanol–water partition coefficient (Wildman–Crippen LogP) is 3.03. The third-order valence-electron chi connectivity index (χ3n) is 4.11. The summed E-state index contributed by atoms with van der Waals surface area (Å²) in [5.41, 5.74) is 2.70. The van der Waals surface area contributed by atoms with Gasteiger partial charge in [-0.05, 0) is 17.2 Å². The van der Waals surface area contributed by atoms with Crippen LogP contribution in [-0.2, 0) is 11.3 Å². The maximum absolute atomic E-state index is 12.1. The van der Waals surface area contributed by atoms with E-state index in [4.69, 9.17) is 4.74 Å². The Morgan fingerprint density at radius 3 is 2.65 bits per heavy atom. The molecule has 3 rings (SSSR count). The average molecular weight is 312 g/mol. The first kappa shape index (κ1) is 15.4. The number of nitrogens with one attached hydrogen (secondary N) is 2. The molecule has 0 saturated carbocycles.